The molecule has 0 fully saturated rings. The van der Waals surface area contributed by atoms with E-state index in [1.807, 2.05) is 32.0 Å². The van der Waals surface area contributed by atoms with Gasteiger partial charge in [0.2, 0.25) is 0 Å². The Hall–Kier alpha value is -1.02. The van der Waals surface area contributed by atoms with Crippen LogP contribution in [0.25, 0.3) is 0 Å². The van der Waals surface area contributed by atoms with E-state index in [0.29, 0.717) is 6.54 Å². The minimum Gasteiger partial charge on any atom is -0.385 e. The molecule has 0 aliphatic heterocycles. The Kier molecular flexibility index (Phi) is 11.0. The first-order valence-corrected chi connectivity index (χ1v) is 7.36. The number of para-hydroxylation sites is 1. The molecule has 126 valence electrons. The Labute approximate surface area is 151 Å². The van der Waals surface area contributed by atoms with E-state index in [9.17, 15) is 0 Å². The van der Waals surface area contributed by atoms with Gasteiger partial charge in [-0.1, -0.05) is 18.2 Å². The SMILES string of the molecule is CN=C(NCCCNc1ccccc1)NCC(C)(C)OC.I. The van der Waals surface area contributed by atoms with Crippen LogP contribution in [0.15, 0.2) is 35.3 Å². The number of hydrogen-bond acceptors (Lipinski definition) is 3. The van der Waals surface area contributed by atoms with Gasteiger partial charge in [-0.25, -0.2) is 0 Å². The average Bonchev–Trinajstić information content (AvgIpc) is 2.51. The van der Waals surface area contributed by atoms with Gasteiger partial charge >= 0.3 is 0 Å². The smallest absolute Gasteiger partial charge is 0.191 e. The summed E-state index contributed by atoms with van der Waals surface area (Å²) < 4.78 is 5.37. The van der Waals surface area contributed by atoms with Crippen LogP contribution < -0.4 is 16.0 Å². The first-order chi connectivity index (χ1) is 10.1. The minimum atomic E-state index is -0.202. The van der Waals surface area contributed by atoms with Crippen molar-refractivity contribution in [3.05, 3.63) is 30.3 Å². The predicted molar refractivity (Wildman–Crippen MR) is 105 cm³/mol. The molecule has 0 atom stereocenters. The van der Waals surface area contributed by atoms with Gasteiger partial charge < -0.3 is 20.7 Å². The fourth-order valence-corrected chi connectivity index (χ4v) is 1.67. The molecular weight excluding hydrogens is 391 g/mol. The van der Waals surface area contributed by atoms with E-state index in [4.69, 9.17) is 4.74 Å². The van der Waals surface area contributed by atoms with Gasteiger partial charge in [-0.3, -0.25) is 4.99 Å². The van der Waals surface area contributed by atoms with Crippen molar-refractivity contribution in [3.8, 4) is 0 Å². The van der Waals surface area contributed by atoms with Crippen LogP contribution >= 0.6 is 24.0 Å². The third-order valence-corrected chi connectivity index (χ3v) is 3.21. The molecule has 0 amide bonds. The minimum absolute atomic E-state index is 0. The van der Waals surface area contributed by atoms with Crippen molar-refractivity contribution in [2.75, 3.05) is 39.1 Å². The zero-order valence-corrected chi connectivity index (χ0v) is 16.3. The van der Waals surface area contributed by atoms with Crippen molar-refractivity contribution in [3.63, 3.8) is 0 Å². The van der Waals surface area contributed by atoms with Crippen LogP contribution in [0.5, 0.6) is 0 Å². The largest absolute Gasteiger partial charge is 0.385 e. The molecule has 0 bridgehead atoms. The Balaban J connectivity index is 0.00000441. The summed E-state index contributed by atoms with van der Waals surface area (Å²) in [4.78, 5) is 4.20. The van der Waals surface area contributed by atoms with Crippen LogP contribution in [0.4, 0.5) is 5.69 Å². The molecule has 1 rings (SSSR count). The van der Waals surface area contributed by atoms with Crippen molar-refractivity contribution >= 4 is 35.6 Å². The predicted octanol–water partition coefficient (Wildman–Crippen LogP) is 2.70. The maximum absolute atomic E-state index is 5.37. The molecule has 5 nitrogen and oxygen atoms in total. The van der Waals surface area contributed by atoms with Crippen LogP contribution in [-0.4, -0.2) is 45.4 Å². The summed E-state index contributed by atoms with van der Waals surface area (Å²) in [6, 6.07) is 10.2. The van der Waals surface area contributed by atoms with Crippen LogP contribution in [0.2, 0.25) is 0 Å². The molecule has 0 aliphatic rings. The van der Waals surface area contributed by atoms with Gasteiger partial charge in [-0.15, -0.1) is 24.0 Å². The number of guanidine groups is 1. The van der Waals surface area contributed by atoms with E-state index >= 15 is 0 Å². The molecule has 1 aromatic carbocycles. The van der Waals surface area contributed by atoms with E-state index < -0.39 is 0 Å². The molecule has 0 saturated heterocycles. The quantitative estimate of drug-likeness (QED) is 0.262. The van der Waals surface area contributed by atoms with Crippen LogP contribution in [0, 0.1) is 0 Å². The monoisotopic (exact) mass is 420 g/mol. The first kappa shape index (κ1) is 21.0. The highest BCUT2D eigenvalue weighted by Crippen LogP contribution is 2.05. The number of aliphatic imine (C=N–C) groups is 1. The molecule has 1 aromatic rings. The van der Waals surface area contributed by atoms with Crippen molar-refractivity contribution in [1.82, 2.24) is 10.6 Å². The highest BCUT2D eigenvalue weighted by molar-refractivity contribution is 14.0. The van der Waals surface area contributed by atoms with Crippen molar-refractivity contribution in [2.24, 2.45) is 4.99 Å². The molecular formula is C16H29IN4O. The zero-order chi connectivity index (χ0) is 15.6. The van der Waals surface area contributed by atoms with E-state index in [2.05, 4.69) is 33.1 Å². The molecule has 0 aliphatic carbocycles. The average molecular weight is 420 g/mol. The third kappa shape index (κ3) is 9.09. The van der Waals surface area contributed by atoms with Crippen LogP contribution in [-0.2, 0) is 4.74 Å². The fourth-order valence-electron chi connectivity index (χ4n) is 1.67. The number of hydrogen-bond donors (Lipinski definition) is 3. The lowest BCUT2D eigenvalue weighted by molar-refractivity contribution is 0.0268. The van der Waals surface area contributed by atoms with E-state index in [0.717, 1.165) is 31.2 Å². The summed E-state index contributed by atoms with van der Waals surface area (Å²) in [5, 5.41) is 9.94. The second-order valence-electron chi connectivity index (χ2n) is 5.46. The number of ether oxygens (including phenoxy) is 1. The molecule has 0 unspecified atom stereocenters. The molecule has 6 heteroatoms. The number of anilines is 1. The summed E-state index contributed by atoms with van der Waals surface area (Å²) in [7, 11) is 3.49. The van der Waals surface area contributed by atoms with Gasteiger partial charge in [-0.05, 0) is 32.4 Å². The number of methoxy groups -OCH3 is 1. The number of benzene rings is 1. The van der Waals surface area contributed by atoms with Gasteiger partial charge in [0.15, 0.2) is 5.96 Å². The molecule has 0 saturated carbocycles. The lowest BCUT2D eigenvalue weighted by Crippen LogP contribution is -2.45. The van der Waals surface area contributed by atoms with E-state index in [1.165, 1.54) is 0 Å². The molecule has 0 aromatic heterocycles. The Morgan fingerprint density at radius 2 is 1.82 bits per heavy atom. The Morgan fingerprint density at radius 1 is 1.14 bits per heavy atom. The second-order valence-corrected chi connectivity index (χ2v) is 5.46. The van der Waals surface area contributed by atoms with Crippen LogP contribution in [0.1, 0.15) is 20.3 Å². The summed E-state index contributed by atoms with van der Waals surface area (Å²) >= 11 is 0. The summed E-state index contributed by atoms with van der Waals surface area (Å²) in [6.45, 7) is 6.59. The number of halogens is 1. The van der Waals surface area contributed by atoms with Gasteiger partial charge in [0, 0.05) is 39.5 Å². The molecule has 0 radical (unpaired) electrons. The summed E-state index contributed by atoms with van der Waals surface area (Å²) in [5.74, 6) is 0.805. The van der Waals surface area contributed by atoms with Crippen molar-refractivity contribution < 1.29 is 4.74 Å². The van der Waals surface area contributed by atoms with Gasteiger partial charge in [0.1, 0.15) is 0 Å². The van der Waals surface area contributed by atoms with Crippen molar-refractivity contribution in [1.29, 1.82) is 0 Å². The maximum atomic E-state index is 5.37. The molecule has 0 heterocycles. The number of rotatable bonds is 8. The standard InChI is InChI=1S/C16H28N4O.HI/c1-16(2,21-4)13-20-15(17-3)19-12-8-11-18-14-9-6-5-7-10-14;/h5-7,9-10,18H,8,11-13H2,1-4H3,(H2,17,19,20);1H. The van der Waals surface area contributed by atoms with Crippen LogP contribution in [0.3, 0.4) is 0 Å². The zero-order valence-electron chi connectivity index (χ0n) is 14.0. The maximum Gasteiger partial charge on any atom is 0.191 e. The lowest BCUT2D eigenvalue weighted by Gasteiger charge is -2.24. The molecule has 22 heavy (non-hydrogen) atoms. The fraction of sp³-hybridized carbons (Fsp3) is 0.562. The summed E-state index contributed by atoms with van der Waals surface area (Å²) in [6.07, 6.45) is 1.02. The van der Waals surface area contributed by atoms with Crippen molar-refractivity contribution in [2.45, 2.75) is 25.9 Å². The van der Waals surface area contributed by atoms with E-state index in [1.54, 1.807) is 14.2 Å². The normalized spacial score (nSPS) is 11.5. The van der Waals surface area contributed by atoms with E-state index in [-0.39, 0.29) is 29.6 Å². The highest BCUT2D eigenvalue weighted by Gasteiger charge is 2.16. The number of nitrogens with one attached hydrogen (secondary N) is 3. The highest BCUT2D eigenvalue weighted by atomic mass is 127. The second kappa shape index (κ2) is 11.5. The van der Waals surface area contributed by atoms with Gasteiger partial charge in [-0.2, -0.15) is 0 Å². The topological polar surface area (TPSA) is 57.7 Å². The summed E-state index contributed by atoms with van der Waals surface area (Å²) in [5.41, 5.74) is 0.953. The number of nitrogens with zero attached hydrogens (tertiary/aromatic N) is 1. The molecule has 3 N–H and O–H groups in total. The molecule has 0 spiro atoms. The van der Waals surface area contributed by atoms with Gasteiger partial charge in [0.05, 0.1) is 5.60 Å². The van der Waals surface area contributed by atoms with Gasteiger partial charge in [0.25, 0.3) is 0 Å². The first-order valence-electron chi connectivity index (χ1n) is 7.36. The Bertz CT molecular complexity index is 423. The Morgan fingerprint density at radius 3 is 2.41 bits per heavy atom. The lowest BCUT2D eigenvalue weighted by atomic mass is 10.1. The third-order valence-electron chi connectivity index (χ3n) is 3.21.